The Kier molecular flexibility index (Phi) is 5.17. The smallest absolute Gasteiger partial charge is 0.329 e. The highest BCUT2D eigenvalue weighted by Gasteiger charge is 2.15. The summed E-state index contributed by atoms with van der Waals surface area (Å²) in [5.41, 5.74) is 2.29. The molecule has 0 saturated carbocycles. The zero-order valence-corrected chi connectivity index (χ0v) is 12.7. The molecule has 1 atom stereocenters. The summed E-state index contributed by atoms with van der Waals surface area (Å²) in [6, 6.07) is 14.2. The van der Waals surface area contributed by atoms with E-state index in [2.05, 4.69) is 0 Å². The Bertz CT molecular complexity index is 677. The molecule has 1 unspecified atom stereocenters. The molecule has 2 aromatic carbocycles. The van der Waals surface area contributed by atoms with Gasteiger partial charge in [-0.2, -0.15) is 0 Å². The highest BCUT2D eigenvalue weighted by Crippen LogP contribution is 2.30. The van der Waals surface area contributed by atoms with Crippen LogP contribution in [0.25, 0.3) is 11.1 Å². The van der Waals surface area contributed by atoms with E-state index >= 15 is 0 Å². The lowest BCUT2D eigenvalue weighted by molar-refractivity contribution is -0.136. The SMILES string of the molecule is CC(Cl)C(=O)Oc1ccccc1-c1ccc(CC(=O)O)cc1. The van der Waals surface area contributed by atoms with E-state index in [0.717, 1.165) is 11.1 Å². The minimum Gasteiger partial charge on any atom is -0.481 e. The lowest BCUT2D eigenvalue weighted by Crippen LogP contribution is -2.17. The molecule has 2 aromatic rings. The first-order chi connectivity index (χ1) is 10.5. The minimum atomic E-state index is -0.877. The van der Waals surface area contributed by atoms with Crippen molar-refractivity contribution >= 4 is 23.5 Å². The predicted octanol–water partition coefficient (Wildman–Crippen LogP) is 3.51. The van der Waals surface area contributed by atoms with E-state index in [1.807, 2.05) is 12.1 Å². The molecule has 2 rings (SSSR count). The van der Waals surface area contributed by atoms with Crippen LogP contribution in [0.1, 0.15) is 12.5 Å². The Morgan fingerprint density at radius 3 is 2.36 bits per heavy atom. The van der Waals surface area contributed by atoms with Crippen LogP contribution >= 0.6 is 11.6 Å². The Hall–Kier alpha value is -2.33. The summed E-state index contributed by atoms with van der Waals surface area (Å²) in [6.45, 7) is 1.55. The van der Waals surface area contributed by atoms with E-state index in [-0.39, 0.29) is 6.42 Å². The van der Waals surface area contributed by atoms with E-state index < -0.39 is 17.3 Å². The third-order valence-electron chi connectivity index (χ3n) is 3.04. The molecule has 0 heterocycles. The van der Waals surface area contributed by atoms with Crippen LogP contribution in [0.15, 0.2) is 48.5 Å². The van der Waals surface area contributed by atoms with Crippen LogP contribution in [0.4, 0.5) is 0 Å². The summed E-state index contributed by atoms with van der Waals surface area (Å²) >= 11 is 5.72. The van der Waals surface area contributed by atoms with Gasteiger partial charge in [-0.15, -0.1) is 11.6 Å². The first-order valence-electron chi connectivity index (χ1n) is 6.73. The number of halogens is 1. The summed E-state index contributed by atoms with van der Waals surface area (Å²) in [6.07, 6.45) is -0.0271. The number of hydrogen-bond acceptors (Lipinski definition) is 3. The molecule has 0 bridgehead atoms. The van der Waals surface area contributed by atoms with Crippen molar-refractivity contribution in [3.05, 3.63) is 54.1 Å². The van der Waals surface area contributed by atoms with Crippen LogP contribution in [-0.4, -0.2) is 22.4 Å². The first-order valence-corrected chi connectivity index (χ1v) is 7.17. The molecule has 0 aliphatic rings. The Balaban J connectivity index is 2.28. The predicted molar refractivity (Wildman–Crippen MR) is 84.2 cm³/mol. The summed E-state index contributed by atoms with van der Waals surface area (Å²) in [5, 5.41) is 8.05. The third-order valence-corrected chi connectivity index (χ3v) is 3.22. The molecule has 0 aliphatic heterocycles. The molecule has 0 fully saturated rings. The van der Waals surface area contributed by atoms with Crippen molar-refractivity contribution in [1.29, 1.82) is 0 Å². The number of aliphatic carboxylic acids is 1. The Labute approximate surface area is 133 Å². The van der Waals surface area contributed by atoms with Gasteiger partial charge in [-0.25, -0.2) is 0 Å². The molecule has 0 aliphatic carbocycles. The van der Waals surface area contributed by atoms with Gasteiger partial charge in [0.15, 0.2) is 0 Å². The topological polar surface area (TPSA) is 63.6 Å². The van der Waals surface area contributed by atoms with Crippen molar-refractivity contribution in [2.24, 2.45) is 0 Å². The van der Waals surface area contributed by atoms with Gasteiger partial charge in [-0.05, 0) is 24.1 Å². The fourth-order valence-electron chi connectivity index (χ4n) is 1.96. The maximum Gasteiger partial charge on any atom is 0.329 e. The van der Waals surface area contributed by atoms with Crippen LogP contribution in [0.2, 0.25) is 0 Å². The number of ether oxygens (including phenoxy) is 1. The number of alkyl halides is 1. The highest BCUT2D eigenvalue weighted by molar-refractivity contribution is 6.29. The number of para-hydroxylation sites is 1. The first kappa shape index (κ1) is 16.0. The fourth-order valence-corrected chi connectivity index (χ4v) is 2.01. The van der Waals surface area contributed by atoms with Crippen molar-refractivity contribution in [2.75, 3.05) is 0 Å². The number of rotatable bonds is 5. The highest BCUT2D eigenvalue weighted by atomic mass is 35.5. The number of carbonyl (C=O) groups excluding carboxylic acids is 1. The van der Waals surface area contributed by atoms with Gasteiger partial charge < -0.3 is 9.84 Å². The summed E-state index contributed by atoms with van der Waals surface area (Å²) in [5.74, 6) is -0.972. The van der Waals surface area contributed by atoms with Gasteiger partial charge in [0.1, 0.15) is 11.1 Å². The molecular formula is C17H15ClO4. The van der Waals surface area contributed by atoms with Crippen molar-refractivity contribution < 1.29 is 19.4 Å². The fraction of sp³-hybridized carbons (Fsp3) is 0.176. The molecule has 0 spiro atoms. The van der Waals surface area contributed by atoms with Crippen LogP contribution < -0.4 is 4.74 Å². The molecule has 114 valence electrons. The summed E-state index contributed by atoms with van der Waals surface area (Å²) < 4.78 is 5.29. The average molecular weight is 319 g/mol. The zero-order chi connectivity index (χ0) is 16.1. The Morgan fingerprint density at radius 1 is 1.14 bits per heavy atom. The van der Waals surface area contributed by atoms with Gasteiger partial charge in [0.2, 0.25) is 0 Å². The van der Waals surface area contributed by atoms with Crippen LogP contribution in [0, 0.1) is 0 Å². The minimum absolute atomic E-state index is 0.0271. The number of esters is 1. The van der Waals surface area contributed by atoms with Crippen molar-refractivity contribution in [3.63, 3.8) is 0 Å². The summed E-state index contributed by atoms with van der Waals surface area (Å²) in [7, 11) is 0. The van der Waals surface area contributed by atoms with Gasteiger partial charge in [-0.1, -0.05) is 42.5 Å². The third kappa shape index (κ3) is 4.09. The second-order valence-electron chi connectivity index (χ2n) is 4.80. The lowest BCUT2D eigenvalue weighted by atomic mass is 10.0. The molecule has 0 radical (unpaired) electrons. The van der Waals surface area contributed by atoms with Crippen molar-refractivity contribution in [1.82, 2.24) is 0 Å². The molecule has 0 aromatic heterocycles. The molecule has 1 N–H and O–H groups in total. The van der Waals surface area contributed by atoms with Crippen LogP contribution in [0.3, 0.4) is 0 Å². The number of carboxylic acid groups (broad SMARTS) is 1. The molecule has 4 nitrogen and oxygen atoms in total. The van der Waals surface area contributed by atoms with E-state index in [1.165, 1.54) is 0 Å². The second kappa shape index (κ2) is 7.09. The van der Waals surface area contributed by atoms with Gasteiger partial charge in [0.05, 0.1) is 6.42 Å². The van der Waals surface area contributed by atoms with Crippen LogP contribution in [-0.2, 0) is 16.0 Å². The molecule has 5 heteroatoms. The number of carbonyl (C=O) groups is 2. The van der Waals surface area contributed by atoms with E-state index in [0.29, 0.717) is 11.3 Å². The molecule has 0 amide bonds. The van der Waals surface area contributed by atoms with Gasteiger partial charge in [-0.3, -0.25) is 9.59 Å². The number of benzene rings is 2. The average Bonchev–Trinajstić information content (AvgIpc) is 2.48. The van der Waals surface area contributed by atoms with Gasteiger partial charge in [0, 0.05) is 5.56 Å². The maximum atomic E-state index is 11.7. The van der Waals surface area contributed by atoms with E-state index in [9.17, 15) is 9.59 Å². The largest absolute Gasteiger partial charge is 0.481 e. The van der Waals surface area contributed by atoms with Gasteiger partial charge in [0.25, 0.3) is 0 Å². The zero-order valence-electron chi connectivity index (χ0n) is 12.0. The van der Waals surface area contributed by atoms with E-state index in [4.69, 9.17) is 21.4 Å². The normalized spacial score (nSPS) is 11.7. The lowest BCUT2D eigenvalue weighted by Gasteiger charge is -2.11. The standard InChI is InChI=1S/C17H15ClO4/c1-11(18)17(21)22-15-5-3-2-4-14(15)13-8-6-12(7-9-13)10-16(19)20/h2-9,11H,10H2,1H3,(H,19,20). The Morgan fingerprint density at radius 2 is 1.77 bits per heavy atom. The monoisotopic (exact) mass is 318 g/mol. The molecular weight excluding hydrogens is 304 g/mol. The second-order valence-corrected chi connectivity index (χ2v) is 5.46. The summed E-state index contributed by atoms with van der Waals surface area (Å²) in [4.78, 5) is 22.3. The molecule has 22 heavy (non-hydrogen) atoms. The van der Waals surface area contributed by atoms with Crippen molar-refractivity contribution in [2.45, 2.75) is 18.7 Å². The number of carboxylic acids is 1. The molecule has 0 saturated heterocycles. The maximum absolute atomic E-state index is 11.7. The quantitative estimate of drug-likeness (QED) is 0.520. The van der Waals surface area contributed by atoms with E-state index in [1.54, 1.807) is 43.3 Å². The van der Waals surface area contributed by atoms with Gasteiger partial charge >= 0.3 is 11.9 Å². The van der Waals surface area contributed by atoms with Crippen LogP contribution in [0.5, 0.6) is 5.75 Å². The van der Waals surface area contributed by atoms with Crippen molar-refractivity contribution in [3.8, 4) is 16.9 Å². The number of hydrogen-bond donors (Lipinski definition) is 1.